The average molecular weight is 254 g/mol. The molecule has 0 bridgehead atoms. The van der Waals surface area contributed by atoms with Gasteiger partial charge in [-0.15, -0.1) is 0 Å². The summed E-state index contributed by atoms with van der Waals surface area (Å²) in [4.78, 5) is 14.1. The van der Waals surface area contributed by atoms with E-state index in [1.165, 1.54) is 0 Å². The fourth-order valence-electron chi connectivity index (χ4n) is 2.05. The van der Waals surface area contributed by atoms with Crippen molar-refractivity contribution < 1.29 is 4.79 Å². The van der Waals surface area contributed by atoms with Gasteiger partial charge in [0.05, 0.1) is 0 Å². The molecule has 3 heteroatoms. The summed E-state index contributed by atoms with van der Waals surface area (Å²) >= 11 is 0. The Kier molecular flexibility index (Phi) is 3.85. The maximum atomic E-state index is 12.5. The van der Waals surface area contributed by atoms with E-state index in [9.17, 15) is 4.79 Å². The summed E-state index contributed by atoms with van der Waals surface area (Å²) in [5, 5.41) is 3.04. The first-order chi connectivity index (χ1) is 9.13. The summed E-state index contributed by atoms with van der Waals surface area (Å²) in [6.45, 7) is 2.00. The fourth-order valence-corrected chi connectivity index (χ4v) is 2.05. The van der Waals surface area contributed by atoms with Crippen molar-refractivity contribution in [3.8, 4) is 0 Å². The number of carbonyl (C=O) groups is 1. The third-order valence-corrected chi connectivity index (χ3v) is 3.18. The van der Waals surface area contributed by atoms with Crippen molar-refractivity contribution >= 4 is 17.3 Å². The van der Waals surface area contributed by atoms with Gasteiger partial charge in [0.2, 0.25) is 0 Å². The molecular formula is C16H18N2O. The smallest absolute Gasteiger partial charge is 0.258 e. The van der Waals surface area contributed by atoms with Gasteiger partial charge in [0.1, 0.15) is 0 Å². The van der Waals surface area contributed by atoms with Crippen molar-refractivity contribution in [2.45, 2.75) is 6.92 Å². The number of rotatable bonds is 3. The van der Waals surface area contributed by atoms with Crippen LogP contribution in [0.25, 0.3) is 0 Å². The van der Waals surface area contributed by atoms with Crippen LogP contribution in [0.5, 0.6) is 0 Å². The molecule has 2 aromatic carbocycles. The molecule has 0 saturated carbocycles. The van der Waals surface area contributed by atoms with Crippen molar-refractivity contribution in [1.29, 1.82) is 0 Å². The summed E-state index contributed by atoms with van der Waals surface area (Å²) in [5.41, 5.74) is 3.63. The molecule has 0 aromatic heterocycles. The van der Waals surface area contributed by atoms with Crippen molar-refractivity contribution in [3.63, 3.8) is 0 Å². The first-order valence-electron chi connectivity index (χ1n) is 6.25. The lowest BCUT2D eigenvalue weighted by Crippen LogP contribution is -2.26. The van der Waals surface area contributed by atoms with Crippen LogP contribution in [0, 0.1) is 6.92 Å². The van der Waals surface area contributed by atoms with Gasteiger partial charge in [-0.2, -0.15) is 0 Å². The molecule has 0 radical (unpaired) electrons. The molecule has 0 aliphatic carbocycles. The highest BCUT2D eigenvalue weighted by Gasteiger charge is 2.14. The molecule has 0 heterocycles. The molecule has 0 atom stereocenters. The SMILES string of the molecule is CNc1cccc(C(=O)N(C)c2ccccc2C)c1. The topological polar surface area (TPSA) is 32.3 Å². The lowest BCUT2D eigenvalue weighted by Gasteiger charge is -2.19. The number of aryl methyl sites for hydroxylation is 1. The number of benzene rings is 2. The van der Waals surface area contributed by atoms with Gasteiger partial charge in [-0.25, -0.2) is 0 Å². The Morgan fingerprint density at radius 2 is 1.84 bits per heavy atom. The van der Waals surface area contributed by atoms with E-state index in [4.69, 9.17) is 0 Å². The first kappa shape index (κ1) is 13.1. The average Bonchev–Trinajstić information content (AvgIpc) is 2.46. The van der Waals surface area contributed by atoms with Gasteiger partial charge >= 0.3 is 0 Å². The Hall–Kier alpha value is -2.29. The molecule has 2 aromatic rings. The lowest BCUT2D eigenvalue weighted by atomic mass is 10.1. The van der Waals surface area contributed by atoms with E-state index in [2.05, 4.69) is 5.32 Å². The van der Waals surface area contributed by atoms with Crippen LogP contribution in [0.3, 0.4) is 0 Å². The number of nitrogens with zero attached hydrogens (tertiary/aromatic N) is 1. The standard InChI is InChI=1S/C16H18N2O/c1-12-7-4-5-10-15(12)18(3)16(19)13-8-6-9-14(11-13)17-2/h4-11,17H,1-3H3. The van der Waals surface area contributed by atoms with Crippen LogP contribution in [0.15, 0.2) is 48.5 Å². The molecule has 3 nitrogen and oxygen atoms in total. The molecule has 2 rings (SSSR count). The molecular weight excluding hydrogens is 236 g/mol. The second-order valence-corrected chi connectivity index (χ2v) is 4.48. The number of amides is 1. The Labute approximate surface area is 113 Å². The zero-order valence-electron chi connectivity index (χ0n) is 11.5. The molecule has 0 unspecified atom stereocenters. The quantitative estimate of drug-likeness (QED) is 0.911. The molecule has 98 valence electrons. The third kappa shape index (κ3) is 2.76. The number of hydrogen-bond acceptors (Lipinski definition) is 2. The van der Waals surface area contributed by atoms with Gasteiger partial charge in [-0.3, -0.25) is 4.79 Å². The van der Waals surface area contributed by atoms with Crippen molar-refractivity contribution in [2.75, 3.05) is 24.3 Å². The minimum Gasteiger partial charge on any atom is -0.388 e. The second-order valence-electron chi connectivity index (χ2n) is 4.48. The van der Waals surface area contributed by atoms with E-state index in [1.54, 1.807) is 11.9 Å². The zero-order valence-corrected chi connectivity index (χ0v) is 11.5. The molecule has 0 aliphatic heterocycles. The van der Waals surface area contributed by atoms with Gasteiger partial charge < -0.3 is 10.2 Å². The summed E-state index contributed by atoms with van der Waals surface area (Å²) in [6.07, 6.45) is 0. The number of nitrogens with one attached hydrogen (secondary N) is 1. The van der Waals surface area contributed by atoms with Gasteiger partial charge in [0, 0.05) is 31.0 Å². The molecule has 1 amide bonds. The molecule has 0 aliphatic rings. The molecule has 19 heavy (non-hydrogen) atoms. The van der Waals surface area contributed by atoms with Gasteiger partial charge in [-0.05, 0) is 36.8 Å². The highest BCUT2D eigenvalue weighted by molar-refractivity contribution is 6.06. The first-order valence-corrected chi connectivity index (χ1v) is 6.25. The monoisotopic (exact) mass is 254 g/mol. The van der Waals surface area contributed by atoms with Gasteiger partial charge in [0.25, 0.3) is 5.91 Å². The second kappa shape index (κ2) is 5.57. The van der Waals surface area contributed by atoms with Crippen LogP contribution >= 0.6 is 0 Å². The largest absolute Gasteiger partial charge is 0.388 e. The van der Waals surface area contributed by atoms with E-state index < -0.39 is 0 Å². The molecule has 1 N–H and O–H groups in total. The van der Waals surface area contributed by atoms with Crippen LogP contribution in [-0.4, -0.2) is 20.0 Å². The Balaban J connectivity index is 2.31. The van der Waals surface area contributed by atoms with E-state index in [1.807, 2.05) is 62.5 Å². The molecule has 0 spiro atoms. The Morgan fingerprint density at radius 1 is 1.11 bits per heavy atom. The normalized spacial score (nSPS) is 10.1. The van der Waals surface area contributed by atoms with Crippen LogP contribution in [0.2, 0.25) is 0 Å². The summed E-state index contributed by atoms with van der Waals surface area (Å²) in [6, 6.07) is 15.4. The Morgan fingerprint density at radius 3 is 2.53 bits per heavy atom. The Bertz CT molecular complexity index is 593. The van der Waals surface area contributed by atoms with E-state index in [0.717, 1.165) is 16.9 Å². The molecule has 0 fully saturated rings. The summed E-state index contributed by atoms with van der Waals surface area (Å²) < 4.78 is 0. The maximum Gasteiger partial charge on any atom is 0.258 e. The highest BCUT2D eigenvalue weighted by Crippen LogP contribution is 2.20. The predicted octanol–water partition coefficient (Wildman–Crippen LogP) is 3.31. The maximum absolute atomic E-state index is 12.5. The van der Waals surface area contributed by atoms with Gasteiger partial charge in [-0.1, -0.05) is 24.3 Å². The van der Waals surface area contributed by atoms with Crippen molar-refractivity contribution in [3.05, 3.63) is 59.7 Å². The van der Waals surface area contributed by atoms with Crippen LogP contribution in [-0.2, 0) is 0 Å². The molecule has 0 saturated heterocycles. The van der Waals surface area contributed by atoms with Crippen molar-refractivity contribution in [1.82, 2.24) is 0 Å². The van der Waals surface area contributed by atoms with E-state index in [-0.39, 0.29) is 5.91 Å². The number of hydrogen-bond donors (Lipinski definition) is 1. The predicted molar refractivity (Wildman–Crippen MR) is 79.9 cm³/mol. The minimum absolute atomic E-state index is 0.00796. The summed E-state index contributed by atoms with van der Waals surface area (Å²) in [5.74, 6) is -0.00796. The van der Waals surface area contributed by atoms with Gasteiger partial charge in [0.15, 0.2) is 0 Å². The minimum atomic E-state index is -0.00796. The van der Waals surface area contributed by atoms with Crippen molar-refractivity contribution in [2.24, 2.45) is 0 Å². The van der Waals surface area contributed by atoms with Crippen LogP contribution in [0.4, 0.5) is 11.4 Å². The summed E-state index contributed by atoms with van der Waals surface area (Å²) in [7, 11) is 3.64. The third-order valence-electron chi connectivity index (χ3n) is 3.18. The lowest BCUT2D eigenvalue weighted by molar-refractivity contribution is 0.0993. The van der Waals surface area contributed by atoms with E-state index >= 15 is 0 Å². The van der Waals surface area contributed by atoms with Crippen LogP contribution < -0.4 is 10.2 Å². The zero-order chi connectivity index (χ0) is 13.8. The number of anilines is 2. The number of para-hydroxylation sites is 1. The van der Waals surface area contributed by atoms with E-state index in [0.29, 0.717) is 5.56 Å². The van der Waals surface area contributed by atoms with Crippen LogP contribution in [0.1, 0.15) is 15.9 Å². The highest BCUT2D eigenvalue weighted by atomic mass is 16.2. The number of carbonyl (C=O) groups excluding carboxylic acids is 1. The fraction of sp³-hybridized carbons (Fsp3) is 0.188.